The minimum absolute atomic E-state index is 0.0377. The van der Waals surface area contributed by atoms with E-state index >= 15 is 0 Å². The molecule has 0 saturated heterocycles. The SMILES string of the molecule is CCCCCCC[C@@H]1CCc2c(ccc3c(F)cccc23)[C@H]1c1cc(F)c(C(F)(F)F)c(F)c1. The van der Waals surface area contributed by atoms with Gasteiger partial charge in [-0.2, -0.15) is 13.2 Å². The first-order valence-electron chi connectivity index (χ1n) is 12.0. The van der Waals surface area contributed by atoms with Gasteiger partial charge in [0.1, 0.15) is 23.0 Å². The van der Waals surface area contributed by atoms with E-state index in [4.69, 9.17) is 0 Å². The van der Waals surface area contributed by atoms with Crippen molar-refractivity contribution in [1.82, 2.24) is 0 Å². The van der Waals surface area contributed by atoms with Crippen LogP contribution in [0.3, 0.4) is 0 Å². The zero-order chi connectivity index (χ0) is 24.5. The fourth-order valence-electron chi connectivity index (χ4n) is 5.54. The zero-order valence-electron chi connectivity index (χ0n) is 19.1. The molecule has 0 aromatic heterocycles. The number of hydrogen-bond acceptors (Lipinski definition) is 0. The number of alkyl halides is 3. The Balaban J connectivity index is 1.78. The van der Waals surface area contributed by atoms with E-state index in [1.807, 2.05) is 6.07 Å². The molecule has 0 spiro atoms. The molecule has 0 aliphatic heterocycles. The highest BCUT2D eigenvalue weighted by atomic mass is 19.4. The summed E-state index contributed by atoms with van der Waals surface area (Å²) in [7, 11) is 0. The van der Waals surface area contributed by atoms with Gasteiger partial charge in [0, 0.05) is 11.3 Å². The fraction of sp³-hybridized carbons (Fsp3) is 0.429. The number of halogens is 6. The van der Waals surface area contributed by atoms with Crippen LogP contribution >= 0.6 is 0 Å². The molecular formula is C28H28F6. The summed E-state index contributed by atoms with van der Waals surface area (Å²) < 4.78 is 83.0. The maximum atomic E-state index is 14.6. The minimum Gasteiger partial charge on any atom is -0.206 e. The Morgan fingerprint density at radius 1 is 0.824 bits per heavy atom. The van der Waals surface area contributed by atoms with E-state index in [1.54, 1.807) is 18.2 Å². The van der Waals surface area contributed by atoms with Gasteiger partial charge in [-0.15, -0.1) is 0 Å². The summed E-state index contributed by atoms with van der Waals surface area (Å²) in [6, 6.07) is 9.96. The fourth-order valence-corrected chi connectivity index (χ4v) is 5.54. The number of aryl methyl sites for hydroxylation is 1. The van der Waals surface area contributed by atoms with Gasteiger partial charge >= 0.3 is 6.18 Å². The molecule has 3 aromatic rings. The molecule has 0 unspecified atom stereocenters. The molecule has 4 rings (SSSR count). The van der Waals surface area contributed by atoms with Crippen LogP contribution in [0.2, 0.25) is 0 Å². The Bertz CT molecular complexity index is 1140. The Morgan fingerprint density at radius 3 is 2.21 bits per heavy atom. The van der Waals surface area contributed by atoms with Crippen LogP contribution in [-0.4, -0.2) is 0 Å². The molecule has 0 nitrogen and oxygen atoms in total. The molecule has 0 saturated carbocycles. The van der Waals surface area contributed by atoms with Crippen molar-refractivity contribution in [3.63, 3.8) is 0 Å². The predicted molar refractivity (Wildman–Crippen MR) is 122 cm³/mol. The smallest absolute Gasteiger partial charge is 0.206 e. The van der Waals surface area contributed by atoms with Gasteiger partial charge < -0.3 is 0 Å². The van der Waals surface area contributed by atoms with Crippen LogP contribution in [0.4, 0.5) is 26.3 Å². The molecule has 0 radical (unpaired) electrons. The van der Waals surface area contributed by atoms with E-state index < -0.39 is 29.3 Å². The van der Waals surface area contributed by atoms with E-state index in [2.05, 4.69) is 6.92 Å². The first-order chi connectivity index (χ1) is 16.2. The Labute approximate surface area is 196 Å². The van der Waals surface area contributed by atoms with E-state index in [0.717, 1.165) is 73.6 Å². The molecular weight excluding hydrogens is 450 g/mol. The maximum Gasteiger partial charge on any atom is 0.422 e. The van der Waals surface area contributed by atoms with Crippen molar-refractivity contribution >= 4 is 10.8 Å². The predicted octanol–water partition coefficient (Wildman–Crippen LogP) is 9.33. The Hall–Kier alpha value is -2.50. The van der Waals surface area contributed by atoms with Gasteiger partial charge in [0.25, 0.3) is 0 Å². The van der Waals surface area contributed by atoms with Crippen LogP contribution in [0.1, 0.15) is 80.0 Å². The molecule has 2 atom stereocenters. The summed E-state index contributed by atoms with van der Waals surface area (Å²) in [5.41, 5.74) is 0.0775. The summed E-state index contributed by atoms with van der Waals surface area (Å²) in [5.74, 6) is -3.95. The molecule has 0 fully saturated rings. The summed E-state index contributed by atoms with van der Waals surface area (Å²) in [5, 5.41) is 1.22. The average Bonchev–Trinajstić information content (AvgIpc) is 2.77. The summed E-state index contributed by atoms with van der Waals surface area (Å²) >= 11 is 0. The van der Waals surface area contributed by atoms with E-state index in [9.17, 15) is 26.3 Å². The van der Waals surface area contributed by atoms with Crippen molar-refractivity contribution in [2.75, 3.05) is 0 Å². The van der Waals surface area contributed by atoms with Crippen LogP contribution in [0.5, 0.6) is 0 Å². The van der Waals surface area contributed by atoms with Gasteiger partial charge in [0.2, 0.25) is 0 Å². The molecule has 1 aliphatic rings. The lowest BCUT2D eigenvalue weighted by molar-refractivity contribution is -0.142. The van der Waals surface area contributed by atoms with Crippen LogP contribution in [0.15, 0.2) is 42.5 Å². The van der Waals surface area contributed by atoms with Crippen LogP contribution in [0.25, 0.3) is 10.8 Å². The number of benzene rings is 3. The maximum absolute atomic E-state index is 14.6. The summed E-state index contributed by atoms with van der Waals surface area (Å²) in [4.78, 5) is 0. The zero-order valence-corrected chi connectivity index (χ0v) is 19.1. The average molecular weight is 479 g/mol. The first-order valence-corrected chi connectivity index (χ1v) is 12.0. The number of rotatable bonds is 7. The van der Waals surface area contributed by atoms with Gasteiger partial charge in [-0.25, -0.2) is 13.2 Å². The number of hydrogen-bond donors (Lipinski definition) is 0. The molecule has 0 bridgehead atoms. The lowest BCUT2D eigenvalue weighted by Gasteiger charge is -2.35. The van der Waals surface area contributed by atoms with Gasteiger partial charge in [-0.05, 0) is 65.5 Å². The van der Waals surface area contributed by atoms with Crippen LogP contribution < -0.4 is 0 Å². The quantitative estimate of drug-likeness (QED) is 0.234. The second-order valence-corrected chi connectivity index (χ2v) is 9.30. The Morgan fingerprint density at radius 2 is 1.53 bits per heavy atom. The largest absolute Gasteiger partial charge is 0.422 e. The minimum atomic E-state index is -5.11. The third kappa shape index (κ3) is 4.82. The van der Waals surface area contributed by atoms with Gasteiger partial charge in [-0.3, -0.25) is 0 Å². The van der Waals surface area contributed by atoms with Crippen molar-refractivity contribution in [1.29, 1.82) is 0 Å². The molecule has 0 amide bonds. The van der Waals surface area contributed by atoms with Crippen molar-refractivity contribution in [3.8, 4) is 0 Å². The van der Waals surface area contributed by atoms with Crippen LogP contribution in [0, 0.1) is 23.4 Å². The lowest BCUT2D eigenvalue weighted by atomic mass is 9.69. The monoisotopic (exact) mass is 478 g/mol. The third-order valence-corrected chi connectivity index (χ3v) is 7.11. The topological polar surface area (TPSA) is 0 Å². The molecule has 1 aliphatic carbocycles. The second kappa shape index (κ2) is 10.0. The summed E-state index contributed by atoms with van der Waals surface area (Å²) in [6.07, 6.45) is 2.49. The van der Waals surface area contributed by atoms with Gasteiger partial charge in [-0.1, -0.05) is 63.3 Å². The van der Waals surface area contributed by atoms with Crippen LogP contribution in [-0.2, 0) is 12.6 Å². The van der Waals surface area contributed by atoms with Crippen molar-refractivity contribution in [2.24, 2.45) is 5.92 Å². The first kappa shape index (κ1) is 24.6. The lowest BCUT2D eigenvalue weighted by Crippen LogP contribution is -2.23. The van der Waals surface area contributed by atoms with Crippen molar-refractivity contribution in [3.05, 3.63) is 82.2 Å². The normalized spacial score (nSPS) is 18.3. The second-order valence-electron chi connectivity index (χ2n) is 9.30. The summed E-state index contributed by atoms with van der Waals surface area (Å²) in [6.45, 7) is 2.13. The highest BCUT2D eigenvalue weighted by molar-refractivity contribution is 5.88. The van der Waals surface area contributed by atoms with E-state index in [-0.39, 0.29) is 17.3 Å². The van der Waals surface area contributed by atoms with E-state index in [0.29, 0.717) is 11.8 Å². The number of unbranched alkanes of at least 4 members (excludes halogenated alkanes) is 4. The molecule has 34 heavy (non-hydrogen) atoms. The van der Waals surface area contributed by atoms with E-state index in [1.165, 1.54) is 6.07 Å². The van der Waals surface area contributed by atoms with Gasteiger partial charge in [0.05, 0.1) is 0 Å². The highest BCUT2D eigenvalue weighted by Crippen LogP contribution is 2.46. The Kier molecular flexibility index (Phi) is 7.25. The molecule has 6 heteroatoms. The third-order valence-electron chi connectivity index (χ3n) is 7.11. The molecule has 0 heterocycles. The molecule has 3 aromatic carbocycles. The van der Waals surface area contributed by atoms with Crippen molar-refractivity contribution in [2.45, 2.75) is 70.4 Å². The van der Waals surface area contributed by atoms with Crippen molar-refractivity contribution < 1.29 is 26.3 Å². The highest BCUT2D eigenvalue weighted by Gasteiger charge is 2.39. The standard InChI is InChI=1S/C28H28F6/c1-2-3-4-5-6-8-17-11-12-20-19-9-7-10-23(29)21(19)13-14-22(20)26(17)18-15-24(30)27(25(31)16-18)28(32,33)34/h7,9-10,13-17,26H,2-6,8,11-12H2,1H3/t17-,26-/m1/s1. The number of fused-ring (bicyclic) bond motifs is 3. The van der Waals surface area contributed by atoms with Gasteiger partial charge in [0.15, 0.2) is 0 Å². The molecule has 182 valence electrons. The molecule has 0 N–H and O–H groups in total.